The van der Waals surface area contributed by atoms with Crippen molar-refractivity contribution in [2.24, 2.45) is 0 Å². The highest BCUT2D eigenvalue weighted by molar-refractivity contribution is 6.62. The highest BCUT2D eigenvalue weighted by atomic mass is 16.7. The van der Waals surface area contributed by atoms with Crippen molar-refractivity contribution in [1.29, 1.82) is 0 Å². The lowest BCUT2D eigenvalue weighted by atomic mass is 9.78. The van der Waals surface area contributed by atoms with Gasteiger partial charge in [-0.25, -0.2) is 9.97 Å². The molecule has 1 aliphatic rings. The van der Waals surface area contributed by atoms with E-state index in [1.807, 2.05) is 80.6 Å². The Morgan fingerprint density at radius 2 is 1.06 bits per heavy atom. The molecule has 0 aliphatic carbocycles. The van der Waals surface area contributed by atoms with Crippen LogP contribution < -0.4 is 5.46 Å². The molecule has 0 atom stereocenters. The Kier molecular flexibility index (Phi) is 7.20. The van der Waals surface area contributed by atoms with Gasteiger partial charge >= 0.3 is 7.12 Å². The number of benzene rings is 3. The smallest absolute Gasteiger partial charge is 0.399 e. The summed E-state index contributed by atoms with van der Waals surface area (Å²) >= 11 is 0. The fourth-order valence-electron chi connectivity index (χ4n) is 3.89. The average Bonchev–Trinajstić information content (AvgIpc) is 3.12. The first-order chi connectivity index (χ1) is 16.8. The predicted octanol–water partition coefficient (Wildman–Crippen LogP) is 6.80. The normalized spacial score (nSPS) is 15.9. The molecular formula is C30H33BN2O2. The van der Waals surface area contributed by atoms with E-state index in [0.717, 1.165) is 33.5 Å². The Balaban J connectivity index is 0.00000141. The number of hydrogen-bond acceptors (Lipinski definition) is 4. The Morgan fingerprint density at radius 3 is 1.63 bits per heavy atom. The van der Waals surface area contributed by atoms with E-state index in [1.54, 1.807) is 0 Å². The Labute approximate surface area is 209 Å². The van der Waals surface area contributed by atoms with Crippen LogP contribution in [-0.2, 0) is 9.31 Å². The van der Waals surface area contributed by atoms with Crippen molar-refractivity contribution < 1.29 is 9.31 Å². The molecule has 4 nitrogen and oxygen atoms in total. The fraction of sp³-hybridized carbons (Fsp3) is 0.267. The van der Waals surface area contributed by atoms with Gasteiger partial charge in [0, 0.05) is 11.1 Å². The molecule has 3 aromatic carbocycles. The Hall–Kier alpha value is -3.28. The molecule has 0 unspecified atom stereocenters. The molecule has 1 fully saturated rings. The lowest BCUT2D eigenvalue weighted by Crippen LogP contribution is -2.41. The van der Waals surface area contributed by atoms with Crippen LogP contribution in [-0.4, -0.2) is 28.3 Å². The minimum absolute atomic E-state index is 0.385. The van der Waals surface area contributed by atoms with Crippen LogP contribution in [0.1, 0.15) is 41.5 Å². The van der Waals surface area contributed by atoms with Crippen LogP contribution in [0.3, 0.4) is 0 Å². The highest BCUT2D eigenvalue weighted by Gasteiger charge is 2.51. The summed E-state index contributed by atoms with van der Waals surface area (Å²) in [6.07, 6.45) is 0. The average molecular weight is 464 g/mol. The van der Waals surface area contributed by atoms with Crippen LogP contribution in [0.15, 0.2) is 91.0 Å². The van der Waals surface area contributed by atoms with E-state index < -0.39 is 7.12 Å². The van der Waals surface area contributed by atoms with E-state index in [9.17, 15) is 0 Å². The maximum absolute atomic E-state index is 6.27. The highest BCUT2D eigenvalue weighted by Crippen LogP contribution is 2.36. The summed E-state index contributed by atoms with van der Waals surface area (Å²) in [5.41, 5.74) is 5.00. The van der Waals surface area contributed by atoms with Gasteiger partial charge in [0.2, 0.25) is 0 Å². The first kappa shape index (κ1) is 24.8. The SMILES string of the molecule is CC.CC1(C)OB(c2cccc(-c3cc(-c4ccccc4)nc(-c4ccccc4)n3)c2)OC1(C)C. The third kappa shape index (κ3) is 5.21. The molecule has 5 heteroatoms. The summed E-state index contributed by atoms with van der Waals surface area (Å²) in [5, 5.41) is 0. The molecule has 0 bridgehead atoms. The van der Waals surface area contributed by atoms with E-state index in [2.05, 4.69) is 52.0 Å². The van der Waals surface area contributed by atoms with E-state index >= 15 is 0 Å². The second-order valence-corrected chi connectivity index (χ2v) is 9.41. The zero-order chi connectivity index (χ0) is 25.1. The quantitative estimate of drug-likeness (QED) is 0.312. The molecule has 0 saturated carbocycles. The van der Waals surface area contributed by atoms with Gasteiger partial charge in [-0.1, -0.05) is 98.8 Å². The third-order valence-corrected chi connectivity index (χ3v) is 6.54. The minimum Gasteiger partial charge on any atom is -0.399 e. The topological polar surface area (TPSA) is 44.2 Å². The van der Waals surface area contributed by atoms with Crippen LogP contribution in [0.2, 0.25) is 0 Å². The molecule has 0 N–H and O–H groups in total. The number of hydrogen-bond donors (Lipinski definition) is 0. The standard InChI is InChI=1S/C28H27BN2O2.C2H6/c1-27(2)28(3,4)33-29(32-27)23-17-11-16-22(18-23)25-19-24(20-12-7-5-8-13-20)30-26(31-25)21-14-9-6-10-15-21;1-2/h5-19H,1-4H3;1-2H3. The Bertz CT molecular complexity index is 1200. The van der Waals surface area contributed by atoms with Gasteiger partial charge in [-0.2, -0.15) is 0 Å². The van der Waals surface area contributed by atoms with Crippen LogP contribution in [0.5, 0.6) is 0 Å². The maximum Gasteiger partial charge on any atom is 0.494 e. The van der Waals surface area contributed by atoms with Crippen molar-refractivity contribution in [2.75, 3.05) is 0 Å². The number of aromatic nitrogens is 2. The lowest BCUT2D eigenvalue weighted by molar-refractivity contribution is 0.00578. The molecule has 1 aromatic heterocycles. The molecule has 4 aromatic rings. The Morgan fingerprint density at radius 1 is 0.571 bits per heavy atom. The third-order valence-electron chi connectivity index (χ3n) is 6.54. The molecule has 35 heavy (non-hydrogen) atoms. The van der Waals surface area contributed by atoms with Crippen LogP contribution in [0, 0.1) is 0 Å². The van der Waals surface area contributed by atoms with Crippen molar-refractivity contribution in [3.63, 3.8) is 0 Å². The number of nitrogens with zero attached hydrogens (tertiary/aromatic N) is 2. The van der Waals surface area contributed by atoms with Crippen molar-refractivity contribution in [3.8, 4) is 33.9 Å². The first-order valence-corrected chi connectivity index (χ1v) is 12.3. The molecular weight excluding hydrogens is 431 g/mol. The lowest BCUT2D eigenvalue weighted by Gasteiger charge is -2.32. The maximum atomic E-state index is 6.27. The summed E-state index contributed by atoms with van der Waals surface area (Å²) in [5.74, 6) is 0.702. The van der Waals surface area contributed by atoms with Crippen molar-refractivity contribution in [3.05, 3.63) is 91.0 Å². The summed E-state index contributed by atoms with van der Waals surface area (Å²) in [6, 6.07) is 30.6. The zero-order valence-corrected chi connectivity index (χ0v) is 21.4. The molecule has 0 radical (unpaired) electrons. The fourth-order valence-corrected chi connectivity index (χ4v) is 3.89. The molecule has 1 aliphatic heterocycles. The first-order valence-electron chi connectivity index (χ1n) is 12.3. The van der Waals surface area contributed by atoms with Gasteiger partial charge in [0.1, 0.15) is 0 Å². The van der Waals surface area contributed by atoms with Gasteiger partial charge in [-0.05, 0) is 44.8 Å². The van der Waals surface area contributed by atoms with E-state index in [4.69, 9.17) is 19.3 Å². The van der Waals surface area contributed by atoms with Gasteiger partial charge in [-0.3, -0.25) is 0 Å². The van der Waals surface area contributed by atoms with E-state index in [-0.39, 0.29) is 11.2 Å². The van der Waals surface area contributed by atoms with Gasteiger partial charge in [0.15, 0.2) is 5.82 Å². The zero-order valence-electron chi connectivity index (χ0n) is 21.4. The largest absolute Gasteiger partial charge is 0.494 e. The predicted molar refractivity (Wildman–Crippen MR) is 145 cm³/mol. The molecule has 2 heterocycles. The van der Waals surface area contributed by atoms with Crippen molar-refractivity contribution in [2.45, 2.75) is 52.7 Å². The van der Waals surface area contributed by atoms with Crippen LogP contribution >= 0.6 is 0 Å². The summed E-state index contributed by atoms with van der Waals surface area (Å²) in [6.45, 7) is 12.3. The second kappa shape index (κ2) is 10.1. The van der Waals surface area contributed by atoms with Gasteiger partial charge in [-0.15, -0.1) is 0 Å². The summed E-state index contributed by atoms with van der Waals surface area (Å²) < 4.78 is 12.5. The van der Waals surface area contributed by atoms with E-state index in [0.29, 0.717) is 5.82 Å². The van der Waals surface area contributed by atoms with Crippen LogP contribution in [0.4, 0.5) is 0 Å². The van der Waals surface area contributed by atoms with E-state index in [1.165, 1.54) is 0 Å². The van der Waals surface area contributed by atoms with Gasteiger partial charge < -0.3 is 9.31 Å². The van der Waals surface area contributed by atoms with Crippen molar-refractivity contribution >= 4 is 12.6 Å². The molecule has 1 saturated heterocycles. The van der Waals surface area contributed by atoms with Gasteiger partial charge in [0.05, 0.1) is 22.6 Å². The minimum atomic E-state index is -0.418. The molecule has 5 rings (SSSR count). The van der Waals surface area contributed by atoms with Crippen molar-refractivity contribution in [1.82, 2.24) is 9.97 Å². The molecule has 0 spiro atoms. The van der Waals surface area contributed by atoms with Gasteiger partial charge in [0.25, 0.3) is 0 Å². The van der Waals surface area contributed by atoms with Crippen LogP contribution in [0.25, 0.3) is 33.9 Å². The summed E-state index contributed by atoms with van der Waals surface area (Å²) in [4.78, 5) is 9.81. The second-order valence-electron chi connectivity index (χ2n) is 9.41. The number of rotatable bonds is 4. The summed E-state index contributed by atoms with van der Waals surface area (Å²) in [7, 11) is -0.418. The molecule has 178 valence electrons. The monoisotopic (exact) mass is 464 g/mol. The molecule has 0 amide bonds.